The second-order valence-corrected chi connectivity index (χ2v) is 11.7. The van der Waals surface area contributed by atoms with Crippen molar-refractivity contribution < 1.29 is 14.4 Å². The lowest BCUT2D eigenvalue weighted by molar-refractivity contribution is -0.132. The average molecular weight is 560 g/mol. The molecular formula is C31H37N5O3S. The third-order valence-corrected chi connectivity index (χ3v) is 8.92. The summed E-state index contributed by atoms with van der Waals surface area (Å²) in [4.78, 5) is 49.0. The molecule has 2 aliphatic rings. The topological polar surface area (TPSA) is 94.6 Å². The van der Waals surface area contributed by atoms with Crippen LogP contribution in [0.25, 0.3) is 11.3 Å². The van der Waals surface area contributed by atoms with Gasteiger partial charge in [-0.05, 0) is 44.5 Å². The minimum Gasteiger partial charge on any atom is -0.346 e. The number of likely N-dealkylation sites (N-methyl/N-ethyl adjacent to an activating group) is 1. The van der Waals surface area contributed by atoms with Crippen molar-refractivity contribution >= 4 is 34.1 Å². The summed E-state index contributed by atoms with van der Waals surface area (Å²) >= 11 is 1.64. The summed E-state index contributed by atoms with van der Waals surface area (Å²) in [6.07, 6.45) is 3.76. The number of amides is 2. The number of piperazine rings is 1. The Kier molecular flexibility index (Phi) is 8.61. The molecule has 1 aromatic heterocycles. The molecule has 0 radical (unpaired) electrons. The van der Waals surface area contributed by atoms with E-state index in [0.29, 0.717) is 18.4 Å². The van der Waals surface area contributed by atoms with Crippen LogP contribution in [-0.4, -0.2) is 66.2 Å². The van der Waals surface area contributed by atoms with Crippen LogP contribution in [-0.2, 0) is 9.59 Å². The first-order valence-corrected chi connectivity index (χ1v) is 14.9. The maximum atomic E-state index is 13.7. The van der Waals surface area contributed by atoms with Gasteiger partial charge in [0.05, 0.1) is 5.69 Å². The summed E-state index contributed by atoms with van der Waals surface area (Å²) in [6, 6.07) is 15.9. The molecule has 1 atom stereocenters. The minimum atomic E-state index is -1.05. The number of aromatic nitrogens is 1. The molecule has 1 aliphatic heterocycles. The molecule has 2 N–H and O–H groups in total. The summed E-state index contributed by atoms with van der Waals surface area (Å²) in [6.45, 7) is 5.47. The fraction of sp³-hybridized carbons (Fsp3) is 0.419. The summed E-state index contributed by atoms with van der Waals surface area (Å²) in [7, 11) is 2.14. The maximum absolute atomic E-state index is 13.7. The molecule has 1 saturated carbocycles. The summed E-state index contributed by atoms with van der Waals surface area (Å²) < 4.78 is 0. The fourth-order valence-electron chi connectivity index (χ4n) is 5.52. The van der Waals surface area contributed by atoms with Crippen molar-refractivity contribution in [2.45, 2.75) is 50.6 Å². The molecule has 0 bridgehead atoms. The molecule has 2 fully saturated rings. The van der Waals surface area contributed by atoms with Crippen LogP contribution in [0.3, 0.4) is 0 Å². The van der Waals surface area contributed by atoms with E-state index in [1.807, 2.05) is 42.5 Å². The standard InChI is InChI=1S/C31H37N5O3S/c1-22(37)27(24-9-5-3-6-10-24)33-29(39)31(15-7-4-8-16-31)34-28(38)25-13-11-23(12-14-25)26-21-40-30(32-26)36-19-17-35(2)18-20-36/h3,5-6,9-14,21,27H,4,7-8,15-20H2,1-2H3,(H,33,39)(H,34,38)/t27-/m1/s1. The zero-order valence-corrected chi connectivity index (χ0v) is 24.0. The van der Waals surface area contributed by atoms with Crippen molar-refractivity contribution in [3.05, 3.63) is 71.1 Å². The van der Waals surface area contributed by atoms with E-state index < -0.39 is 11.6 Å². The molecule has 5 rings (SSSR count). The highest BCUT2D eigenvalue weighted by Crippen LogP contribution is 2.31. The third kappa shape index (κ3) is 6.26. The first kappa shape index (κ1) is 28.0. The Hall–Kier alpha value is -3.56. The van der Waals surface area contributed by atoms with Gasteiger partial charge in [0.25, 0.3) is 5.91 Å². The van der Waals surface area contributed by atoms with E-state index in [2.05, 4.69) is 32.9 Å². The average Bonchev–Trinajstić information content (AvgIpc) is 3.47. The quantitative estimate of drug-likeness (QED) is 0.424. The van der Waals surface area contributed by atoms with Gasteiger partial charge in [0.2, 0.25) is 5.91 Å². The van der Waals surface area contributed by atoms with Crippen LogP contribution < -0.4 is 15.5 Å². The van der Waals surface area contributed by atoms with Gasteiger partial charge in [0, 0.05) is 42.7 Å². The third-order valence-electron chi connectivity index (χ3n) is 8.02. The van der Waals surface area contributed by atoms with E-state index in [1.54, 1.807) is 23.5 Å². The zero-order valence-electron chi connectivity index (χ0n) is 23.2. The van der Waals surface area contributed by atoms with Gasteiger partial charge in [-0.1, -0.05) is 61.7 Å². The van der Waals surface area contributed by atoms with Crippen molar-refractivity contribution in [1.82, 2.24) is 20.5 Å². The van der Waals surface area contributed by atoms with Gasteiger partial charge in [-0.3, -0.25) is 14.4 Å². The monoisotopic (exact) mass is 559 g/mol. The molecule has 1 aliphatic carbocycles. The summed E-state index contributed by atoms with van der Waals surface area (Å²) in [5.74, 6) is -0.746. The largest absolute Gasteiger partial charge is 0.346 e. The SMILES string of the molecule is CC(=O)[C@@H](NC(=O)C1(NC(=O)c2ccc(-c3csc(N4CCN(C)CC4)n3)cc2)CCCCC1)c1ccccc1. The Morgan fingerprint density at radius 2 is 1.60 bits per heavy atom. The van der Waals surface area contributed by atoms with Gasteiger partial charge < -0.3 is 20.4 Å². The van der Waals surface area contributed by atoms with Crippen molar-refractivity contribution in [3.63, 3.8) is 0 Å². The van der Waals surface area contributed by atoms with E-state index in [9.17, 15) is 14.4 Å². The van der Waals surface area contributed by atoms with Crippen LogP contribution in [0.5, 0.6) is 0 Å². The van der Waals surface area contributed by atoms with Gasteiger partial charge in [0.1, 0.15) is 11.6 Å². The predicted octanol–water partition coefficient (Wildman–Crippen LogP) is 4.44. The number of Topliss-reactive ketones (excluding diaryl/α,β-unsaturated/α-hetero) is 1. The van der Waals surface area contributed by atoms with E-state index in [0.717, 1.165) is 67.4 Å². The Bertz CT molecular complexity index is 1330. The van der Waals surface area contributed by atoms with E-state index in [-0.39, 0.29) is 17.6 Å². The summed E-state index contributed by atoms with van der Waals surface area (Å²) in [5.41, 5.74) is 2.01. The number of carbonyl (C=O) groups excluding carboxylic acids is 3. The molecule has 8 nitrogen and oxygen atoms in total. The number of rotatable bonds is 8. The van der Waals surface area contributed by atoms with Crippen LogP contribution in [0.15, 0.2) is 60.0 Å². The Morgan fingerprint density at radius 3 is 2.25 bits per heavy atom. The van der Waals surface area contributed by atoms with Crippen LogP contribution in [0.2, 0.25) is 0 Å². The van der Waals surface area contributed by atoms with E-state index in [4.69, 9.17) is 4.98 Å². The van der Waals surface area contributed by atoms with Gasteiger partial charge in [-0.25, -0.2) is 4.98 Å². The van der Waals surface area contributed by atoms with Crippen LogP contribution in [0.1, 0.15) is 61.0 Å². The molecule has 3 aromatic rings. The molecular weight excluding hydrogens is 522 g/mol. The molecule has 40 heavy (non-hydrogen) atoms. The van der Waals surface area contributed by atoms with Gasteiger partial charge >= 0.3 is 0 Å². The van der Waals surface area contributed by atoms with Crippen molar-refractivity contribution in [2.75, 3.05) is 38.1 Å². The van der Waals surface area contributed by atoms with Crippen LogP contribution >= 0.6 is 11.3 Å². The minimum absolute atomic E-state index is 0.148. The lowest BCUT2D eigenvalue weighted by Crippen LogP contribution is -2.60. The molecule has 1 saturated heterocycles. The molecule has 0 spiro atoms. The molecule has 0 unspecified atom stereocenters. The van der Waals surface area contributed by atoms with Gasteiger partial charge in [-0.2, -0.15) is 0 Å². The number of nitrogens with one attached hydrogen (secondary N) is 2. The number of nitrogens with zero attached hydrogens (tertiary/aromatic N) is 3. The zero-order chi connectivity index (χ0) is 28.1. The first-order valence-electron chi connectivity index (χ1n) is 14.0. The fourth-order valence-corrected chi connectivity index (χ4v) is 6.41. The number of anilines is 1. The second-order valence-electron chi connectivity index (χ2n) is 10.9. The lowest BCUT2D eigenvalue weighted by Gasteiger charge is -2.37. The molecule has 2 amide bonds. The Morgan fingerprint density at radius 1 is 0.925 bits per heavy atom. The number of benzene rings is 2. The number of hydrogen-bond acceptors (Lipinski definition) is 7. The smallest absolute Gasteiger partial charge is 0.252 e. The van der Waals surface area contributed by atoms with E-state index >= 15 is 0 Å². The van der Waals surface area contributed by atoms with Crippen molar-refractivity contribution in [1.29, 1.82) is 0 Å². The molecule has 210 valence electrons. The van der Waals surface area contributed by atoms with Crippen LogP contribution in [0.4, 0.5) is 5.13 Å². The number of carbonyl (C=O) groups is 3. The first-order chi connectivity index (χ1) is 19.3. The highest BCUT2D eigenvalue weighted by Gasteiger charge is 2.42. The van der Waals surface area contributed by atoms with Crippen molar-refractivity contribution in [2.24, 2.45) is 0 Å². The highest BCUT2D eigenvalue weighted by atomic mass is 32.1. The number of ketones is 1. The Labute approximate surface area is 239 Å². The predicted molar refractivity (Wildman–Crippen MR) is 159 cm³/mol. The Balaban J connectivity index is 1.28. The molecule has 9 heteroatoms. The second kappa shape index (κ2) is 12.3. The number of thiazole rings is 1. The van der Waals surface area contributed by atoms with Crippen LogP contribution in [0, 0.1) is 0 Å². The lowest BCUT2D eigenvalue weighted by atomic mass is 9.80. The molecule has 2 heterocycles. The van der Waals surface area contributed by atoms with E-state index in [1.165, 1.54) is 6.92 Å². The maximum Gasteiger partial charge on any atom is 0.252 e. The summed E-state index contributed by atoms with van der Waals surface area (Å²) in [5, 5.41) is 9.09. The number of hydrogen-bond donors (Lipinski definition) is 2. The molecule has 2 aromatic carbocycles. The van der Waals surface area contributed by atoms with Gasteiger partial charge in [-0.15, -0.1) is 11.3 Å². The van der Waals surface area contributed by atoms with Gasteiger partial charge in [0.15, 0.2) is 10.9 Å². The van der Waals surface area contributed by atoms with Crippen molar-refractivity contribution in [3.8, 4) is 11.3 Å². The normalized spacial score (nSPS) is 18.1. The highest BCUT2D eigenvalue weighted by molar-refractivity contribution is 7.14.